The molecule has 0 amide bonds. The van der Waals surface area contributed by atoms with E-state index in [1.54, 1.807) is 0 Å². The van der Waals surface area contributed by atoms with Gasteiger partial charge in [-0.3, -0.25) is 4.99 Å². The molecule has 1 atom stereocenters. The summed E-state index contributed by atoms with van der Waals surface area (Å²) in [6.07, 6.45) is -0.0821. The SMILES string of the molecule is CN(C)c1ccc(C2N=C(c3ccccc3)c3ccccc3N2)cc1. The van der Waals surface area contributed by atoms with Crippen LogP contribution in [0.25, 0.3) is 0 Å². The predicted octanol–water partition coefficient (Wildman–Crippen LogP) is 4.71. The third-order valence-electron chi connectivity index (χ3n) is 4.51. The summed E-state index contributed by atoms with van der Waals surface area (Å²) in [6, 6.07) is 27.3. The molecule has 1 aliphatic rings. The number of aliphatic imine (C=N–C) groups is 1. The Bertz CT molecular complexity index is 896. The summed E-state index contributed by atoms with van der Waals surface area (Å²) in [7, 11) is 4.10. The highest BCUT2D eigenvalue weighted by Gasteiger charge is 2.22. The summed E-state index contributed by atoms with van der Waals surface area (Å²) in [4.78, 5) is 7.13. The molecule has 1 unspecified atom stereocenters. The molecule has 3 aromatic rings. The van der Waals surface area contributed by atoms with Crippen LogP contribution in [0, 0.1) is 0 Å². The summed E-state index contributed by atoms with van der Waals surface area (Å²) in [5.74, 6) is 0. The molecule has 0 aliphatic carbocycles. The van der Waals surface area contributed by atoms with Gasteiger partial charge in [0.25, 0.3) is 0 Å². The number of anilines is 2. The van der Waals surface area contributed by atoms with Gasteiger partial charge >= 0.3 is 0 Å². The first-order valence-corrected chi connectivity index (χ1v) is 8.49. The van der Waals surface area contributed by atoms with Gasteiger partial charge in [-0.2, -0.15) is 0 Å². The molecule has 1 N–H and O–H groups in total. The van der Waals surface area contributed by atoms with Crippen molar-refractivity contribution in [3.8, 4) is 0 Å². The van der Waals surface area contributed by atoms with E-state index in [1.807, 2.05) is 6.07 Å². The van der Waals surface area contributed by atoms with Crippen LogP contribution < -0.4 is 10.2 Å². The minimum absolute atomic E-state index is 0.0821. The molecule has 0 spiro atoms. The van der Waals surface area contributed by atoms with Crippen LogP contribution in [0.15, 0.2) is 83.9 Å². The number of fused-ring (bicyclic) bond motifs is 1. The molecule has 0 radical (unpaired) electrons. The van der Waals surface area contributed by atoms with Crippen molar-refractivity contribution in [1.29, 1.82) is 0 Å². The van der Waals surface area contributed by atoms with Crippen molar-refractivity contribution in [3.63, 3.8) is 0 Å². The number of benzene rings is 3. The molecular weight excluding hydrogens is 306 g/mol. The van der Waals surface area contributed by atoms with Crippen molar-refractivity contribution in [2.45, 2.75) is 6.17 Å². The number of hydrogen-bond acceptors (Lipinski definition) is 3. The molecule has 1 heterocycles. The van der Waals surface area contributed by atoms with Crippen LogP contribution in [0.5, 0.6) is 0 Å². The van der Waals surface area contributed by atoms with Crippen LogP contribution in [-0.4, -0.2) is 19.8 Å². The third kappa shape index (κ3) is 3.01. The number of para-hydroxylation sites is 1. The first-order valence-electron chi connectivity index (χ1n) is 8.49. The number of hydrogen-bond donors (Lipinski definition) is 1. The van der Waals surface area contributed by atoms with E-state index >= 15 is 0 Å². The van der Waals surface area contributed by atoms with E-state index in [-0.39, 0.29) is 6.17 Å². The zero-order valence-electron chi connectivity index (χ0n) is 14.5. The van der Waals surface area contributed by atoms with Gasteiger partial charge in [-0.05, 0) is 23.8 Å². The molecule has 0 fully saturated rings. The van der Waals surface area contributed by atoms with Gasteiger partial charge in [0.2, 0.25) is 0 Å². The minimum atomic E-state index is -0.0821. The quantitative estimate of drug-likeness (QED) is 0.754. The fourth-order valence-corrected chi connectivity index (χ4v) is 3.13. The Balaban J connectivity index is 1.77. The fraction of sp³-hybridized carbons (Fsp3) is 0.136. The average molecular weight is 327 g/mol. The lowest BCUT2D eigenvalue weighted by Crippen LogP contribution is -2.20. The van der Waals surface area contributed by atoms with Crippen molar-refractivity contribution < 1.29 is 0 Å². The van der Waals surface area contributed by atoms with Crippen molar-refractivity contribution in [1.82, 2.24) is 0 Å². The van der Waals surface area contributed by atoms with E-state index in [0.717, 1.165) is 28.1 Å². The molecule has 3 heteroatoms. The van der Waals surface area contributed by atoms with Crippen molar-refractivity contribution in [2.75, 3.05) is 24.3 Å². The Morgan fingerprint density at radius 1 is 0.800 bits per heavy atom. The lowest BCUT2D eigenvalue weighted by molar-refractivity contribution is 0.828. The summed E-state index contributed by atoms with van der Waals surface area (Å²) in [5.41, 5.74) is 6.80. The second-order valence-corrected chi connectivity index (χ2v) is 6.42. The zero-order chi connectivity index (χ0) is 17.2. The van der Waals surface area contributed by atoms with Gasteiger partial charge in [-0.25, -0.2) is 0 Å². The average Bonchev–Trinajstić information content (AvgIpc) is 2.68. The summed E-state index contributed by atoms with van der Waals surface area (Å²) in [6.45, 7) is 0. The largest absolute Gasteiger partial charge is 0.378 e. The first kappa shape index (κ1) is 15.5. The van der Waals surface area contributed by atoms with E-state index in [9.17, 15) is 0 Å². The maximum absolute atomic E-state index is 5.03. The highest BCUT2D eigenvalue weighted by atomic mass is 15.1. The van der Waals surface area contributed by atoms with Gasteiger partial charge in [0, 0.05) is 36.6 Å². The van der Waals surface area contributed by atoms with Crippen LogP contribution in [0.1, 0.15) is 22.9 Å². The van der Waals surface area contributed by atoms with Gasteiger partial charge in [0.05, 0.1) is 5.71 Å². The Labute approximate surface area is 148 Å². The first-order chi connectivity index (χ1) is 12.2. The molecule has 0 saturated heterocycles. The molecule has 0 aromatic heterocycles. The van der Waals surface area contributed by atoms with Crippen molar-refractivity contribution in [2.24, 2.45) is 4.99 Å². The van der Waals surface area contributed by atoms with Crippen molar-refractivity contribution >= 4 is 17.1 Å². The van der Waals surface area contributed by atoms with Crippen LogP contribution in [0.2, 0.25) is 0 Å². The lowest BCUT2D eigenvalue weighted by atomic mass is 9.97. The van der Waals surface area contributed by atoms with E-state index in [0.29, 0.717) is 0 Å². The number of nitrogens with zero attached hydrogens (tertiary/aromatic N) is 2. The van der Waals surface area contributed by atoms with Crippen molar-refractivity contribution in [3.05, 3.63) is 95.6 Å². The molecule has 25 heavy (non-hydrogen) atoms. The van der Waals surface area contributed by atoms with Gasteiger partial charge in [-0.15, -0.1) is 0 Å². The van der Waals surface area contributed by atoms with E-state index in [2.05, 4.69) is 97.1 Å². The van der Waals surface area contributed by atoms with Gasteiger partial charge in [0.15, 0.2) is 0 Å². The monoisotopic (exact) mass is 327 g/mol. The Hall–Kier alpha value is -3.07. The number of rotatable bonds is 3. The zero-order valence-corrected chi connectivity index (χ0v) is 14.5. The van der Waals surface area contributed by atoms with Crippen LogP contribution in [-0.2, 0) is 0 Å². The lowest BCUT2D eigenvalue weighted by Gasteiger charge is -2.26. The van der Waals surface area contributed by atoms with Gasteiger partial charge in [0.1, 0.15) is 6.17 Å². The Kier molecular flexibility index (Phi) is 3.98. The maximum Gasteiger partial charge on any atom is 0.145 e. The van der Waals surface area contributed by atoms with Gasteiger partial charge < -0.3 is 10.2 Å². The smallest absolute Gasteiger partial charge is 0.145 e. The Morgan fingerprint density at radius 3 is 2.20 bits per heavy atom. The normalized spacial score (nSPS) is 15.8. The number of nitrogens with one attached hydrogen (secondary N) is 1. The van der Waals surface area contributed by atoms with E-state index < -0.39 is 0 Å². The molecule has 0 saturated carbocycles. The summed E-state index contributed by atoms with van der Waals surface area (Å²) < 4.78 is 0. The molecule has 3 nitrogen and oxygen atoms in total. The second-order valence-electron chi connectivity index (χ2n) is 6.42. The second kappa shape index (κ2) is 6.44. The predicted molar refractivity (Wildman–Crippen MR) is 106 cm³/mol. The standard InChI is InChI=1S/C22H21N3/c1-25(2)18-14-12-17(13-15-18)22-23-20-11-7-6-10-19(20)21(24-22)16-8-4-3-5-9-16/h3-15,22-23H,1-2H3. The summed E-state index contributed by atoms with van der Waals surface area (Å²) >= 11 is 0. The van der Waals surface area contributed by atoms with Crippen LogP contribution >= 0.6 is 0 Å². The topological polar surface area (TPSA) is 27.6 Å². The molecule has 0 bridgehead atoms. The molecule has 1 aliphatic heterocycles. The molecule has 3 aromatic carbocycles. The Morgan fingerprint density at radius 2 is 1.48 bits per heavy atom. The highest BCUT2D eigenvalue weighted by Crippen LogP contribution is 2.32. The maximum atomic E-state index is 5.03. The third-order valence-corrected chi connectivity index (χ3v) is 4.51. The van der Waals surface area contributed by atoms with Crippen LogP contribution in [0.3, 0.4) is 0 Å². The minimum Gasteiger partial charge on any atom is -0.378 e. The van der Waals surface area contributed by atoms with Crippen LogP contribution in [0.4, 0.5) is 11.4 Å². The summed E-state index contributed by atoms with van der Waals surface area (Å²) in [5, 5.41) is 3.56. The molecule has 4 rings (SSSR count). The van der Waals surface area contributed by atoms with E-state index in [1.165, 1.54) is 5.69 Å². The van der Waals surface area contributed by atoms with Gasteiger partial charge in [-0.1, -0.05) is 60.7 Å². The van der Waals surface area contributed by atoms with E-state index in [4.69, 9.17) is 4.99 Å². The highest BCUT2D eigenvalue weighted by molar-refractivity contribution is 6.16. The fourth-order valence-electron chi connectivity index (χ4n) is 3.13. The molecular formula is C22H21N3. The molecule has 124 valence electrons.